The molecule has 0 aromatic carbocycles. The highest BCUT2D eigenvalue weighted by atomic mass is 16.5. The number of carbonyl (C=O) groups excluding carboxylic acids is 1. The van der Waals surface area contributed by atoms with Gasteiger partial charge in [0.15, 0.2) is 0 Å². The molecule has 0 aromatic heterocycles. The Bertz CT molecular complexity index is 349. The summed E-state index contributed by atoms with van der Waals surface area (Å²) < 4.78 is 4.98. The van der Waals surface area contributed by atoms with Gasteiger partial charge in [-0.05, 0) is 12.8 Å². The molecule has 0 fully saturated rings. The second-order valence-corrected chi connectivity index (χ2v) is 6.77. The summed E-state index contributed by atoms with van der Waals surface area (Å²) in [5.74, 6) is -1.59. The van der Waals surface area contributed by atoms with Crippen molar-refractivity contribution in [1.82, 2.24) is 0 Å². The van der Waals surface area contributed by atoms with E-state index in [4.69, 9.17) is 15.6 Å². The molecule has 4 N–H and O–H groups in total. The molecule has 25 heavy (non-hydrogen) atoms. The van der Waals surface area contributed by atoms with Crippen LogP contribution in [0, 0.1) is 0 Å². The maximum atomic E-state index is 11.5. The average molecular weight is 360 g/mol. The van der Waals surface area contributed by atoms with Gasteiger partial charge in [0.25, 0.3) is 0 Å². The molecule has 6 nitrogen and oxygen atoms in total. The van der Waals surface area contributed by atoms with E-state index in [1.54, 1.807) is 0 Å². The van der Waals surface area contributed by atoms with Gasteiger partial charge >= 0.3 is 11.9 Å². The topological polar surface area (TPSA) is 110 Å². The molecule has 148 valence electrons. The minimum Gasteiger partial charge on any atom is -0.481 e. The summed E-state index contributed by atoms with van der Waals surface area (Å²) in [4.78, 5) is 22.0. The highest BCUT2D eigenvalue weighted by Crippen LogP contribution is 2.12. The number of rotatable bonds is 17. The van der Waals surface area contributed by atoms with Crippen LogP contribution in [0.1, 0.15) is 90.4 Å². The highest BCUT2D eigenvalue weighted by molar-refractivity contribution is 5.76. The fourth-order valence-corrected chi connectivity index (χ4v) is 2.63. The van der Waals surface area contributed by atoms with Crippen molar-refractivity contribution >= 4 is 11.9 Å². The number of hydrogen-bond acceptors (Lipinski definition) is 5. The van der Waals surface area contributed by atoms with Crippen molar-refractivity contribution in [3.05, 3.63) is 0 Å². The quantitative estimate of drug-likeness (QED) is 0.271. The first-order chi connectivity index (χ1) is 12.0. The van der Waals surface area contributed by atoms with Gasteiger partial charge in [0.2, 0.25) is 0 Å². The Labute approximate surface area is 152 Å². The lowest BCUT2D eigenvalue weighted by molar-refractivity contribution is -0.146. The molecule has 0 spiro atoms. The van der Waals surface area contributed by atoms with Crippen LogP contribution in [0.4, 0.5) is 0 Å². The predicted molar refractivity (Wildman–Crippen MR) is 98.3 cm³/mol. The van der Waals surface area contributed by atoms with E-state index in [0.717, 1.165) is 19.3 Å². The Morgan fingerprint density at radius 1 is 0.920 bits per heavy atom. The van der Waals surface area contributed by atoms with Gasteiger partial charge in [0.1, 0.15) is 6.04 Å². The minimum absolute atomic E-state index is 0.0646. The third-order valence-electron chi connectivity index (χ3n) is 4.31. The van der Waals surface area contributed by atoms with Crippen molar-refractivity contribution in [3.8, 4) is 0 Å². The number of nitrogens with two attached hydrogens (primary N) is 1. The van der Waals surface area contributed by atoms with Gasteiger partial charge in [-0.15, -0.1) is 0 Å². The van der Waals surface area contributed by atoms with Crippen molar-refractivity contribution < 1.29 is 24.5 Å². The summed E-state index contributed by atoms with van der Waals surface area (Å²) in [5.41, 5.74) is 5.55. The molecule has 2 atom stereocenters. The highest BCUT2D eigenvalue weighted by Gasteiger charge is 2.16. The van der Waals surface area contributed by atoms with Crippen LogP contribution in [0.15, 0.2) is 0 Å². The van der Waals surface area contributed by atoms with E-state index in [2.05, 4.69) is 6.92 Å². The smallest absolute Gasteiger partial charge is 0.322 e. The van der Waals surface area contributed by atoms with Gasteiger partial charge in [-0.25, -0.2) is 0 Å². The number of carboxylic acids is 1. The van der Waals surface area contributed by atoms with Gasteiger partial charge in [0.05, 0.1) is 12.7 Å². The van der Waals surface area contributed by atoms with Crippen LogP contribution >= 0.6 is 0 Å². The molecule has 0 aliphatic heterocycles. The van der Waals surface area contributed by atoms with Gasteiger partial charge in [-0.1, -0.05) is 64.7 Å². The summed E-state index contributed by atoms with van der Waals surface area (Å²) in [6.07, 6.45) is 11.8. The number of unbranched alkanes of at least 4 members (excludes halogenated alkanes) is 8. The van der Waals surface area contributed by atoms with Crippen LogP contribution in [0.25, 0.3) is 0 Å². The number of carboxylic acid groups (broad SMARTS) is 1. The Kier molecular flexibility index (Phi) is 15.6. The maximum Gasteiger partial charge on any atom is 0.322 e. The zero-order valence-electron chi connectivity index (χ0n) is 15.8. The van der Waals surface area contributed by atoms with Crippen molar-refractivity contribution in [1.29, 1.82) is 0 Å². The van der Waals surface area contributed by atoms with E-state index in [9.17, 15) is 14.7 Å². The van der Waals surface area contributed by atoms with E-state index < -0.39 is 24.1 Å². The van der Waals surface area contributed by atoms with Crippen LogP contribution in [-0.4, -0.2) is 40.9 Å². The third kappa shape index (κ3) is 16.1. The Morgan fingerprint density at radius 3 is 2.04 bits per heavy atom. The maximum absolute atomic E-state index is 11.5. The number of esters is 1. The number of carbonyl (C=O) groups is 2. The Morgan fingerprint density at radius 2 is 1.48 bits per heavy atom. The van der Waals surface area contributed by atoms with E-state index in [0.29, 0.717) is 6.42 Å². The van der Waals surface area contributed by atoms with Crippen molar-refractivity contribution in [3.63, 3.8) is 0 Å². The monoisotopic (exact) mass is 359 g/mol. The molecule has 0 heterocycles. The lowest BCUT2D eigenvalue weighted by Gasteiger charge is -2.13. The zero-order valence-corrected chi connectivity index (χ0v) is 15.8. The van der Waals surface area contributed by atoms with Crippen molar-refractivity contribution in [2.24, 2.45) is 5.73 Å². The van der Waals surface area contributed by atoms with Crippen LogP contribution < -0.4 is 5.73 Å². The first kappa shape index (κ1) is 23.9. The second-order valence-electron chi connectivity index (χ2n) is 6.77. The molecule has 0 radical (unpaired) electrons. The summed E-state index contributed by atoms with van der Waals surface area (Å²) in [6, 6.07) is -0.912. The van der Waals surface area contributed by atoms with Gasteiger partial charge < -0.3 is 20.7 Å². The molecule has 0 amide bonds. The van der Waals surface area contributed by atoms with Gasteiger partial charge in [0, 0.05) is 12.8 Å². The summed E-state index contributed by atoms with van der Waals surface area (Å²) in [5, 5.41) is 18.4. The Hall–Kier alpha value is -1.14. The fourth-order valence-electron chi connectivity index (χ4n) is 2.63. The molecule has 0 bridgehead atoms. The summed E-state index contributed by atoms with van der Waals surface area (Å²) in [7, 11) is 0. The first-order valence-electron chi connectivity index (χ1n) is 9.79. The average Bonchev–Trinajstić information content (AvgIpc) is 2.58. The Balaban J connectivity index is 3.47. The molecule has 0 saturated heterocycles. The molecule has 1 unspecified atom stereocenters. The molecular weight excluding hydrogens is 322 g/mol. The molecular formula is C19H37NO5. The van der Waals surface area contributed by atoms with Crippen LogP contribution in [0.2, 0.25) is 0 Å². The predicted octanol–water partition coefficient (Wildman–Crippen LogP) is 3.39. The molecule has 0 aromatic rings. The lowest BCUT2D eigenvalue weighted by atomic mass is 10.0. The van der Waals surface area contributed by atoms with E-state index in [1.165, 1.54) is 44.9 Å². The molecule has 0 aliphatic rings. The summed E-state index contributed by atoms with van der Waals surface area (Å²) >= 11 is 0. The largest absolute Gasteiger partial charge is 0.481 e. The van der Waals surface area contributed by atoms with Crippen LogP contribution in [0.3, 0.4) is 0 Å². The second kappa shape index (κ2) is 16.3. The van der Waals surface area contributed by atoms with E-state index >= 15 is 0 Å². The van der Waals surface area contributed by atoms with Crippen LogP contribution in [0.5, 0.6) is 0 Å². The first-order valence-corrected chi connectivity index (χ1v) is 9.79. The zero-order chi connectivity index (χ0) is 18.9. The van der Waals surface area contributed by atoms with Gasteiger partial charge in [-0.3, -0.25) is 9.59 Å². The third-order valence-corrected chi connectivity index (χ3v) is 4.31. The molecule has 0 saturated carbocycles. The number of aliphatic hydroxyl groups is 1. The molecule has 0 aliphatic carbocycles. The van der Waals surface area contributed by atoms with Crippen molar-refractivity contribution in [2.75, 3.05) is 6.61 Å². The number of aliphatic carboxylic acids is 1. The normalized spacial score (nSPS) is 13.4. The standard InChI is InChI=1S/C19H37NO5/c1-2-3-4-5-6-7-8-9-10-11-16(21)14-15-25-19(24)17(20)12-13-18(22)23/h16-17,21H,2-15,20H2,1H3,(H,22,23)/t16?,17-/m0/s1. The molecule has 0 rings (SSSR count). The SMILES string of the molecule is CCCCCCCCCCCC(O)CCOC(=O)[C@@H](N)CCC(=O)O. The number of ether oxygens (including phenoxy) is 1. The van der Waals surface area contributed by atoms with Gasteiger partial charge in [-0.2, -0.15) is 0 Å². The molecule has 6 heteroatoms. The summed E-state index contributed by atoms with van der Waals surface area (Å²) in [6.45, 7) is 2.35. The van der Waals surface area contributed by atoms with E-state index in [1.807, 2.05) is 0 Å². The lowest BCUT2D eigenvalue weighted by Crippen LogP contribution is -2.33. The fraction of sp³-hybridized carbons (Fsp3) is 0.895. The number of aliphatic hydroxyl groups excluding tert-OH is 1. The van der Waals surface area contributed by atoms with Crippen molar-refractivity contribution in [2.45, 2.75) is 103 Å². The van der Waals surface area contributed by atoms with E-state index in [-0.39, 0.29) is 19.4 Å². The number of hydrogen-bond donors (Lipinski definition) is 3. The van der Waals surface area contributed by atoms with Crippen LogP contribution in [-0.2, 0) is 14.3 Å². The minimum atomic E-state index is -0.986.